The van der Waals surface area contributed by atoms with Gasteiger partial charge in [0.15, 0.2) is 0 Å². The van der Waals surface area contributed by atoms with Crippen LogP contribution in [0, 0.1) is 0 Å². The zero-order valence-corrected chi connectivity index (χ0v) is 14.3. The number of nitrogens with one attached hydrogen (secondary N) is 1. The van der Waals surface area contributed by atoms with Crippen LogP contribution in [0.4, 0.5) is 0 Å². The van der Waals surface area contributed by atoms with Crippen LogP contribution in [0.2, 0.25) is 0 Å². The van der Waals surface area contributed by atoms with Crippen LogP contribution in [0.25, 0.3) is 11.0 Å². The van der Waals surface area contributed by atoms with Crippen molar-refractivity contribution in [1.82, 2.24) is 14.9 Å². The van der Waals surface area contributed by atoms with Gasteiger partial charge < -0.3 is 15.6 Å². The van der Waals surface area contributed by atoms with Crippen molar-refractivity contribution < 1.29 is 4.79 Å². The summed E-state index contributed by atoms with van der Waals surface area (Å²) < 4.78 is 0. The number of H-pyrrole nitrogens is 1. The van der Waals surface area contributed by atoms with E-state index < -0.39 is 0 Å². The second-order valence-corrected chi connectivity index (χ2v) is 6.11. The fourth-order valence-electron chi connectivity index (χ4n) is 2.93. The van der Waals surface area contributed by atoms with Crippen molar-refractivity contribution in [3.05, 3.63) is 66.0 Å². The molecule has 130 valence electrons. The van der Waals surface area contributed by atoms with Gasteiger partial charge >= 0.3 is 0 Å². The number of aromatic amines is 1. The lowest BCUT2D eigenvalue weighted by Crippen LogP contribution is -2.37. The maximum Gasteiger partial charge on any atom is 0.223 e. The molecule has 0 aliphatic rings. The van der Waals surface area contributed by atoms with Crippen LogP contribution in [0.5, 0.6) is 0 Å². The van der Waals surface area contributed by atoms with Gasteiger partial charge in [-0.05, 0) is 24.1 Å². The molecule has 5 heteroatoms. The fraction of sp³-hybridized carbons (Fsp3) is 0.300. The van der Waals surface area contributed by atoms with Crippen LogP contribution in [-0.2, 0) is 17.6 Å². The molecule has 0 saturated heterocycles. The first-order chi connectivity index (χ1) is 12.3. The molecule has 0 aliphatic heterocycles. The molecule has 3 N–H and O–H groups in total. The number of imidazole rings is 1. The van der Waals surface area contributed by atoms with Crippen LogP contribution in [0.1, 0.15) is 17.8 Å². The number of carbonyl (C=O) groups excluding carboxylic acids is 1. The van der Waals surface area contributed by atoms with Crippen molar-refractivity contribution in [3.63, 3.8) is 0 Å². The first-order valence-corrected chi connectivity index (χ1v) is 8.71. The molecule has 0 radical (unpaired) electrons. The lowest BCUT2D eigenvalue weighted by Gasteiger charge is -2.22. The summed E-state index contributed by atoms with van der Waals surface area (Å²) in [6.45, 7) is 1.76. The highest BCUT2D eigenvalue weighted by Gasteiger charge is 2.14. The molecule has 0 aliphatic carbocycles. The second-order valence-electron chi connectivity index (χ2n) is 6.11. The summed E-state index contributed by atoms with van der Waals surface area (Å²) in [7, 11) is 0. The summed E-state index contributed by atoms with van der Waals surface area (Å²) in [5.74, 6) is 0.979. The molecular weight excluding hydrogens is 312 g/mol. The standard InChI is InChI=1S/C20H24N4O/c21-13-15-24(14-12-16-6-2-1-3-7-16)20(25)11-10-19-22-17-8-4-5-9-18(17)23-19/h1-9H,10-15,21H2,(H,22,23). The molecule has 1 heterocycles. The molecule has 0 atom stereocenters. The number of nitrogens with zero attached hydrogens (tertiary/aromatic N) is 2. The number of nitrogens with two attached hydrogens (primary N) is 1. The van der Waals surface area contributed by atoms with Gasteiger partial charge in [0, 0.05) is 32.5 Å². The van der Waals surface area contributed by atoms with E-state index in [4.69, 9.17) is 5.73 Å². The van der Waals surface area contributed by atoms with E-state index in [1.165, 1.54) is 5.56 Å². The molecular formula is C20H24N4O. The molecule has 0 unspecified atom stereocenters. The van der Waals surface area contributed by atoms with Crippen molar-refractivity contribution in [2.24, 2.45) is 5.73 Å². The number of aryl methyl sites for hydroxylation is 1. The topological polar surface area (TPSA) is 75.0 Å². The number of para-hydroxylation sites is 2. The van der Waals surface area contributed by atoms with Crippen molar-refractivity contribution in [1.29, 1.82) is 0 Å². The second kappa shape index (κ2) is 8.44. The number of fused-ring (bicyclic) bond motifs is 1. The van der Waals surface area contributed by atoms with E-state index in [0.29, 0.717) is 32.5 Å². The number of aromatic nitrogens is 2. The van der Waals surface area contributed by atoms with Crippen LogP contribution in [0.15, 0.2) is 54.6 Å². The SMILES string of the molecule is NCCN(CCc1ccccc1)C(=O)CCc1nc2ccccc2[nH]1. The Morgan fingerprint density at radius 3 is 2.52 bits per heavy atom. The molecule has 2 aromatic carbocycles. The Hall–Kier alpha value is -2.66. The fourth-order valence-corrected chi connectivity index (χ4v) is 2.93. The Kier molecular flexibility index (Phi) is 5.80. The Morgan fingerprint density at radius 1 is 1.00 bits per heavy atom. The number of rotatable bonds is 8. The molecule has 1 aromatic heterocycles. The van der Waals surface area contributed by atoms with E-state index >= 15 is 0 Å². The van der Waals surface area contributed by atoms with Gasteiger partial charge in [0.25, 0.3) is 0 Å². The molecule has 0 fully saturated rings. The molecule has 0 saturated carbocycles. The third-order valence-electron chi connectivity index (χ3n) is 4.28. The minimum absolute atomic E-state index is 0.127. The van der Waals surface area contributed by atoms with Gasteiger partial charge in [0.1, 0.15) is 5.82 Å². The molecule has 3 rings (SSSR count). The predicted molar refractivity (Wildman–Crippen MR) is 100 cm³/mol. The van der Waals surface area contributed by atoms with Crippen LogP contribution in [0.3, 0.4) is 0 Å². The van der Waals surface area contributed by atoms with E-state index in [0.717, 1.165) is 23.3 Å². The van der Waals surface area contributed by atoms with Gasteiger partial charge in [-0.3, -0.25) is 4.79 Å². The summed E-state index contributed by atoms with van der Waals surface area (Å²) >= 11 is 0. The third-order valence-corrected chi connectivity index (χ3v) is 4.28. The zero-order valence-electron chi connectivity index (χ0n) is 14.3. The van der Waals surface area contributed by atoms with E-state index in [9.17, 15) is 4.79 Å². The number of amides is 1. The molecule has 3 aromatic rings. The average Bonchev–Trinajstić information content (AvgIpc) is 3.07. The Morgan fingerprint density at radius 2 is 1.76 bits per heavy atom. The molecule has 25 heavy (non-hydrogen) atoms. The molecule has 0 spiro atoms. The highest BCUT2D eigenvalue weighted by Crippen LogP contribution is 2.12. The van der Waals surface area contributed by atoms with Crippen molar-refractivity contribution in [2.45, 2.75) is 19.3 Å². The average molecular weight is 336 g/mol. The molecule has 1 amide bonds. The van der Waals surface area contributed by atoms with Crippen LogP contribution >= 0.6 is 0 Å². The normalized spacial score (nSPS) is 10.9. The summed E-state index contributed by atoms with van der Waals surface area (Å²) in [6.07, 6.45) is 1.89. The van der Waals surface area contributed by atoms with E-state index in [-0.39, 0.29) is 5.91 Å². The van der Waals surface area contributed by atoms with Gasteiger partial charge in [-0.15, -0.1) is 0 Å². The number of benzene rings is 2. The van der Waals surface area contributed by atoms with Gasteiger partial charge in [-0.1, -0.05) is 42.5 Å². The number of hydrogen-bond acceptors (Lipinski definition) is 3. The Bertz CT molecular complexity index is 780. The Balaban J connectivity index is 1.56. The first-order valence-electron chi connectivity index (χ1n) is 8.71. The van der Waals surface area contributed by atoms with Crippen molar-refractivity contribution in [3.8, 4) is 0 Å². The van der Waals surface area contributed by atoms with Crippen LogP contribution in [-0.4, -0.2) is 40.4 Å². The summed E-state index contributed by atoms with van der Waals surface area (Å²) in [6, 6.07) is 18.1. The maximum absolute atomic E-state index is 12.6. The van der Waals surface area contributed by atoms with Crippen molar-refractivity contribution in [2.75, 3.05) is 19.6 Å². The van der Waals surface area contributed by atoms with Crippen LogP contribution < -0.4 is 5.73 Å². The van der Waals surface area contributed by atoms with E-state index in [1.54, 1.807) is 0 Å². The lowest BCUT2D eigenvalue weighted by molar-refractivity contribution is -0.131. The van der Waals surface area contributed by atoms with Gasteiger partial charge in [-0.2, -0.15) is 0 Å². The van der Waals surface area contributed by atoms with E-state index in [2.05, 4.69) is 22.1 Å². The molecule has 0 bridgehead atoms. The Labute approximate surface area is 147 Å². The summed E-state index contributed by atoms with van der Waals surface area (Å²) in [5.41, 5.74) is 8.86. The highest BCUT2D eigenvalue weighted by molar-refractivity contribution is 5.77. The third kappa shape index (κ3) is 4.67. The van der Waals surface area contributed by atoms with Gasteiger partial charge in [0.05, 0.1) is 11.0 Å². The van der Waals surface area contributed by atoms with Gasteiger partial charge in [0.2, 0.25) is 5.91 Å². The summed E-state index contributed by atoms with van der Waals surface area (Å²) in [5, 5.41) is 0. The lowest BCUT2D eigenvalue weighted by atomic mass is 10.1. The minimum Gasteiger partial charge on any atom is -0.342 e. The smallest absolute Gasteiger partial charge is 0.223 e. The largest absolute Gasteiger partial charge is 0.342 e. The number of hydrogen-bond donors (Lipinski definition) is 2. The maximum atomic E-state index is 12.6. The monoisotopic (exact) mass is 336 g/mol. The summed E-state index contributed by atoms with van der Waals surface area (Å²) in [4.78, 5) is 22.2. The van der Waals surface area contributed by atoms with Gasteiger partial charge in [-0.25, -0.2) is 4.98 Å². The molecule has 5 nitrogen and oxygen atoms in total. The first kappa shape index (κ1) is 17.2. The minimum atomic E-state index is 0.127. The van der Waals surface area contributed by atoms with E-state index in [1.807, 2.05) is 47.4 Å². The highest BCUT2D eigenvalue weighted by atomic mass is 16.2. The number of carbonyl (C=O) groups is 1. The quantitative estimate of drug-likeness (QED) is 0.664. The zero-order chi connectivity index (χ0) is 17.5. The predicted octanol–water partition coefficient (Wildman–Crippen LogP) is 2.53. The van der Waals surface area contributed by atoms with Crippen molar-refractivity contribution >= 4 is 16.9 Å².